The van der Waals surface area contributed by atoms with Crippen LogP contribution in [-0.4, -0.2) is 17.0 Å². The van der Waals surface area contributed by atoms with Crippen molar-refractivity contribution in [1.29, 1.82) is 0 Å². The first kappa shape index (κ1) is 10.7. The Labute approximate surface area is 87.9 Å². The molecule has 1 nitrogen and oxygen atoms in total. The highest BCUT2D eigenvalue weighted by atomic mass is 79.9. The summed E-state index contributed by atoms with van der Waals surface area (Å²) in [5, 5.41) is 9.90. The van der Waals surface area contributed by atoms with E-state index in [0.717, 1.165) is 18.2 Å². The standard InChI is InChI=1S/C11H15BrO/c12-8-6-11(7-9-13)10-4-2-1-3-5-10/h1-5,11,13H,6-9H2. The third-order valence-corrected chi connectivity index (χ3v) is 2.66. The molecule has 72 valence electrons. The average Bonchev–Trinajstić information content (AvgIpc) is 2.19. The fraction of sp³-hybridized carbons (Fsp3) is 0.455. The van der Waals surface area contributed by atoms with E-state index in [0.29, 0.717) is 5.92 Å². The molecule has 0 radical (unpaired) electrons. The van der Waals surface area contributed by atoms with Gasteiger partial charge in [0.2, 0.25) is 0 Å². The Balaban J connectivity index is 2.64. The van der Waals surface area contributed by atoms with Gasteiger partial charge in [-0.15, -0.1) is 0 Å². The molecule has 0 fully saturated rings. The molecule has 1 atom stereocenters. The van der Waals surface area contributed by atoms with Crippen molar-refractivity contribution in [1.82, 2.24) is 0 Å². The van der Waals surface area contributed by atoms with Crippen LogP contribution < -0.4 is 0 Å². The maximum atomic E-state index is 8.91. The molecule has 0 aliphatic rings. The van der Waals surface area contributed by atoms with Crippen LogP contribution in [0, 0.1) is 0 Å². The van der Waals surface area contributed by atoms with Crippen LogP contribution in [0.2, 0.25) is 0 Å². The number of hydrogen-bond donors (Lipinski definition) is 1. The molecule has 1 unspecified atom stereocenters. The summed E-state index contributed by atoms with van der Waals surface area (Å²) in [6, 6.07) is 10.4. The molecule has 0 saturated carbocycles. The van der Waals surface area contributed by atoms with Crippen LogP contribution in [0.4, 0.5) is 0 Å². The molecular weight excluding hydrogens is 228 g/mol. The second-order valence-electron chi connectivity index (χ2n) is 3.10. The molecular formula is C11H15BrO. The molecule has 0 aliphatic carbocycles. The van der Waals surface area contributed by atoms with Gasteiger partial charge in [-0.25, -0.2) is 0 Å². The molecule has 1 N–H and O–H groups in total. The van der Waals surface area contributed by atoms with Crippen molar-refractivity contribution in [3.8, 4) is 0 Å². The van der Waals surface area contributed by atoms with Crippen molar-refractivity contribution in [2.45, 2.75) is 18.8 Å². The Morgan fingerprint density at radius 3 is 2.38 bits per heavy atom. The number of alkyl halides is 1. The molecule has 0 spiro atoms. The molecule has 1 rings (SSSR count). The van der Waals surface area contributed by atoms with Crippen molar-refractivity contribution in [3.63, 3.8) is 0 Å². The Hall–Kier alpha value is -0.340. The van der Waals surface area contributed by atoms with Gasteiger partial charge in [-0.3, -0.25) is 0 Å². The topological polar surface area (TPSA) is 20.2 Å². The van der Waals surface area contributed by atoms with Gasteiger partial charge < -0.3 is 5.11 Å². The molecule has 13 heavy (non-hydrogen) atoms. The van der Waals surface area contributed by atoms with Crippen molar-refractivity contribution >= 4 is 15.9 Å². The van der Waals surface area contributed by atoms with E-state index in [-0.39, 0.29) is 6.61 Å². The van der Waals surface area contributed by atoms with Crippen molar-refractivity contribution in [3.05, 3.63) is 35.9 Å². The molecule has 2 heteroatoms. The lowest BCUT2D eigenvalue weighted by Gasteiger charge is -2.14. The van der Waals surface area contributed by atoms with Crippen LogP contribution in [0.15, 0.2) is 30.3 Å². The van der Waals surface area contributed by atoms with E-state index < -0.39 is 0 Å². The maximum absolute atomic E-state index is 8.91. The van der Waals surface area contributed by atoms with Crippen molar-refractivity contribution in [2.24, 2.45) is 0 Å². The van der Waals surface area contributed by atoms with Crippen molar-refractivity contribution in [2.75, 3.05) is 11.9 Å². The zero-order valence-electron chi connectivity index (χ0n) is 7.62. The lowest BCUT2D eigenvalue weighted by Crippen LogP contribution is -2.02. The van der Waals surface area contributed by atoms with Crippen LogP contribution >= 0.6 is 15.9 Å². The first-order chi connectivity index (χ1) is 6.38. The summed E-state index contributed by atoms with van der Waals surface area (Å²) in [6.45, 7) is 0.270. The number of rotatable bonds is 5. The minimum atomic E-state index is 0.270. The summed E-state index contributed by atoms with van der Waals surface area (Å²) in [7, 11) is 0. The predicted octanol–water partition coefficient (Wildman–Crippen LogP) is 2.94. The van der Waals surface area contributed by atoms with Gasteiger partial charge in [-0.1, -0.05) is 46.3 Å². The number of hydrogen-bond acceptors (Lipinski definition) is 1. The number of halogens is 1. The molecule has 0 saturated heterocycles. The predicted molar refractivity (Wildman–Crippen MR) is 59.3 cm³/mol. The summed E-state index contributed by atoms with van der Waals surface area (Å²) in [5.41, 5.74) is 1.33. The Bertz CT molecular complexity index is 217. The summed E-state index contributed by atoms with van der Waals surface area (Å²) in [4.78, 5) is 0. The number of aliphatic hydroxyl groups excluding tert-OH is 1. The highest BCUT2D eigenvalue weighted by Gasteiger charge is 2.08. The molecule has 0 aromatic heterocycles. The SMILES string of the molecule is OCCC(CCBr)c1ccccc1. The zero-order valence-corrected chi connectivity index (χ0v) is 9.20. The molecule has 1 aromatic rings. The summed E-state index contributed by atoms with van der Waals surface area (Å²) in [5.74, 6) is 0.491. The summed E-state index contributed by atoms with van der Waals surface area (Å²) >= 11 is 3.44. The lowest BCUT2D eigenvalue weighted by atomic mass is 9.94. The van der Waals surface area contributed by atoms with Crippen LogP contribution in [0.3, 0.4) is 0 Å². The summed E-state index contributed by atoms with van der Waals surface area (Å²) < 4.78 is 0. The molecule has 0 bridgehead atoms. The van der Waals surface area contributed by atoms with Gasteiger partial charge in [0, 0.05) is 11.9 Å². The van der Waals surface area contributed by atoms with Gasteiger partial charge in [0.25, 0.3) is 0 Å². The fourth-order valence-corrected chi connectivity index (χ4v) is 2.04. The smallest absolute Gasteiger partial charge is 0.0436 e. The van der Waals surface area contributed by atoms with Gasteiger partial charge in [-0.05, 0) is 24.3 Å². The van der Waals surface area contributed by atoms with Gasteiger partial charge in [-0.2, -0.15) is 0 Å². The zero-order chi connectivity index (χ0) is 9.52. The van der Waals surface area contributed by atoms with Gasteiger partial charge in [0.05, 0.1) is 0 Å². The van der Waals surface area contributed by atoms with Crippen LogP contribution in [-0.2, 0) is 0 Å². The highest BCUT2D eigenvalue weighted by Crippen LogP contribution is 2.23. The fourth-order valence-electron chi connectivity index (χ4n) is 1.49. The van der Waals surface area contributed by atoms with Crippen LogP contribution in [0.5, 0.6) is 0 Å². The number of benzene rings is 1. The van der Waals surface area contributed by atoms with E-state index in [1.807, 2.05) is 18.2 Å². The van der Waals surface area contributed by atoms with Gasteiger partial charge in [0.15, 0.2) is 0 Å². The third kappa shape index (κ3) is 3.49. The Morgan fingerprint density at radius 1 is 1.15 bits per heavy atom. The second kappa shape index (κ2) is 6.17. The number of aliphatic hydroxyl groups is 1. The second-order valence-corrected chi connectivity index (χ2v) is 3.89. The highest BCUT2D eigenvalue weighted by molar-refractivity contribution is 9.09. The largest absolute Gasteiger partial charge is 0.396 e. The van der Waals surface area contributed by atoms with Crippen LogP contribution in [0.1, 0.15) is 24.3 Å². The quantitative estimate of drug-likeness (QED) is 0.788. The third-order valence-electron chi connectivity index (χ3n) is 2.21. The first-order valence-electron chi connectivity index (χ1n) is 4.60. The van der Waals surface area contributed by atoms with E-state index in [9.17, 15) is 0 Å². The van der Waals surface area contributed by atoms with Crippen LogP contribution in [0.25, 0.3) is 0 Å². The van der Waals surface area contributed by atoms with E-state index in [2.05, 4.69) is 28.1 Å². The average molecular weight is 243 g/mol. The minimum Gasteiger partial charge on any atom is -0.396 e. The van der Waals surface area contributed by atoms with E-state index in [4.69, 9.17) is 5.11 Å². The Kier molecular flexibility index (Phi) is 5.09. The van der Waals surface area contributed by atoms with E-state index in [1.54, 1.807) is 0 Å². The molecule has 0 amide bonds. The summed E-state index contributed by atoms with van der Waals surface area (Å²) in [6.07, 6.45) is 1.94. The lowest BCUT2D eigenvalue weighted by molar-refractivity contribution is 0.274. The Morgan fingerprint density at radius 2 is 1.85 bits per heavy atom. The molecule has 0 heterocycles. The monoisotopic (exact) mass is 242 g/mol. The molecule has 0 aliphatic heterocycles. The van der Waals surface area contributed by atoms with E-state index in [1.165, 1.54) is 5.56 Å². The van der Waals surface area contributed by atoms with Gasteiger partial charge in [0.1, 0.15) is 0 Å². The first-order valence-corrected chi connectivity index (χ1v) is 5.72. The normalized spacial score (nSPS) is 12.8. The minimum absolute atomic E-state index is 0.270. The molecule has 1 aromatic carbocycles. The van der Waals surface area contributed by atoms with E-state index >= 15 is 0 Å². The van der Waals surface area contributed by atoms with Crippen molar-refractivity contribution < 1.29 is 5.11 Å². The van der Waals surface area contributed by atoms with Gasteiger partial charge >= 0.3 is 0 Å². The maximum Gasteiger partial charge on any atom is 0.0436 e.